The first-order valence-electron chi connectivity index (χ1n) is 42.3. The van der Waals surface area contributed by atoms with E-state index >= 15 is 0 Å². The van der Waals surface area contributed by atoms with Crippen LogP contribution in [0.1, 0.15) is 383 Å². The van der Waals surface area contributed by atoms with Crippen LogP contribution < -0.4 is 0 Å². The summed E-state index contributed by atoms with van der Waals surface area (Å²) in [5.74, 6) is 0. The summed E-state index contributed by atoms with van der Waals surface area (Å²) in [6, 6.07) is 37.1. The van der Waals surface area contributed by atoms with Gasteiger partial charge in [0.2, 0.25) is 0 Å². The third-order valence-corrected chi connectivity index (χ3v) is 23.6. The molecule has 0 aliphatic carbocycles. The fourth-order valence-electron chi connectivity index (χ4n) is 13.5. The zero-order valence-corrected chi connectivity index (χ0v) is 76.1. The molecule has 0 heterocycles. The van der Waals surface area contributed by atoms with Crippen molar-refractivity contribution in [3.05, 3.63) is 155 Å². The van der Waals surface area contributed by atoms with Crippen molar-refractivity contribution in [2.45, 2.75) is 407 Å². The number of aryl methyl sites for hydroxylation is 5. The SMILES string of the molecule is CCCCCCCCCCCCc1ccccc1.CCCCCCCCCCCCc1ccccc1S(=O)(=O)[O-].CCCCCCCCCCCCc1ccccc1S(=O)(=O)[O-].CCCCCCCCCCCCc1ccccc1S(=O)(=O)[O-].CCCCCCCCCCCCc1ccccc1S(=O)(=O)[O-].[Ca+2].[Ca+2]. The van der Waals surface area contributed by atoms with Crippen LogP contribution in [0.5, 0.6) is 0 Å². The number of rotatable bonds is 59. The largest absolute Gasteiger partial charge is 2.00 e. The van der Waals surface area contributed by atoms with Gasteiger partial charge in [-0.1, -0.05) is 427 Å². The second kappa shape index (κ2) is 72.9. The summed E-state index contributed by atoms with van der Waals surface area (Å²) < 4.78 is 134. The first kappa shape index (κ1) is 108. The fourth-order valence-corrected chi connectivity index (χ4v) is 16.4. The van der Waals surface area contributed by atoms with Gasteiger partial charge in [-0.05, 0) is 116 Å². The van der Waals surface area contributed by atoms with E-state index in [9.17, 15) is 51.9 Å². The van der Waals surface area contributed by atoms with E-state index < -0.39 is 40.5 Å². The summed E-state index contributed by atoms with van der Waals surface area (Å²) in [7, 11) is -17.4. The summed E-state index contributed by atoms with van der Waals surface area (Å²) in [4.78, 5) is -0.200. The molecular formula is C90H146Ca2O12S4. The van der Waals surface area contributed by atoms with Crippen LogP contribution in [-0.2, 0) is 72.6 Å². The normalized spacial score (nSPS) is 11.3. The molecule has 12 nitrogen and oxygen atoms in total. The summed E-state index contributed by atoms with van der Waals surface area (Å²) in [5.41, 5.74) is 4.15. The van der Waals surface area contributed by atoms with Gasteiger partial charge < -0.3 is 18.2 Å². The van der Waals surface area contributed by atoms with Crippen LogP contribution in [0.15, 0.2) is 147 Å². The molecule has 0 N–H and O–H groups in total. The molecule has 0 unspecified atom stereocenters. The molecule has 18 heteroatoms. The van der Waals surface area contributed by atoms with Crippen molar-refractivity contribution in [1.82, 2.24) is 0 Å². The fraction of sp³-hybridized carbons (Fsp3) is 0.667. The maximum Gasteiger partial charge on any atom is 2.00 e. The number of benzene rings is 5. The molecule has 0 saturated carbocycles. The Morgan fingerprint density at radius 1 is 0.185 bits per heavy atom. The molecule has 0 aromatic heterocycles. The van der Waals surface area contributed by atoms with Gasteiger partial charge in [-0.2, -0.15) is 0 Å². The van der Waals surface area contributed by atoms with E-state index in [1.807, 2.05) is 0 Å². The molecule has 0 fully saturated rings. The van der Waals surface area contributed by atoms with Crippen molar-refractivity contribution in [3.8, 4) is 0 Å². The molecule has 0 saturated heterocycles. The zero-order valence-electron chi connectivity index (χ0n) is 68.5. The van der Waals surface area contributed by atoms with Crippen LogP contribution >= 0.6 is 0 Å². The van der Waals surface area contributed by atoms with E-state index in [4.69, 9.17) is 0 Å². The minimum atomic E-state index is -4.35. The Morgan fingerprint density at radius 3 is 0.491 bits per heavy atom. The zero-order chi connectivity index (χ0) is 77.9. The molecule has 0 atom stereocenters. The Morgan fingerprint density at radius 2 is 0.324 bits per heavy atom. The number of hydrogen-bond acceptors (Lipinski definition) is 12. The third-order valence-electron chi connectivity index (χ3n) is 19.8. The predicted octanol–water partition coefficient (Wildman–Crippen LogP) is 25.6. The smallest absolute Gasteiger partial charge is 0.744 e. The molecule has 108 heavy (non-hydrogen) atoms. The number of unbranched alkanes of at least 4 members (excludes halogenated alkanes) is 45. The van der Waals surface area contributed by atoms with E-state index in [-0.39, 0.29) is 95.1 Å². The minimum absolute atomic E-state index is 0. The van der Waals surface area contributed by atoms with Crippen molar-refractivity contribution < 1.29 is 51.9 Å². The number of hydrogen-bond donors (Lipinski definition) is 0. The van der Waals surface area contributed by atoms with E-state index in [0.29, 0.717) is 47.9 Å². The van der Waals surface area contributed by atoms with Crippen LogP contribution in [0.2, 0.25) is 0 Å². The van der Waals surface area contributed by atoms with Crippen molar-refractivity contribution in [3.63, 3.8) is 0 Å². The second-order valence-corrected chi connectivity index (χ2v) is 34.8. The molecule has 0 aliphatic heterocycles. The van der Waals surface area contributed by atoms with E-state index in [1.54, 1.807) is 72.8 Å². The quantitative estimate of drug-likeness (QED) is 0.0201. The van der Waals surface area contributed by atoms with E-state index in [1.165, 1.54) is 306 Å². The van der Waals surface area contributed by atoms with Gasteiger partial charge in [0.15, 0.2) is 0 Å². The Bertz CT molecular complexity index is 2950. The molecule has 5 aromatic rings. The van der Waals surface area contributed by atoms with Crippen LogP contribution in [0.3, 0.4) is 0 Å². The molecule has 0 amide bonds. The molecule has 0 radical (unpaired) electrons. The maximum absolute atomic E-state index is 11.2. The first-order chi connectivity index (χ1) is 51.1. The Labute approximate surface area is 722 Å². The minimum Gasteiger partial charge on any atom is -0.744 e. The van der Waals surface area contributed by atoms with Crippen molar-refractivity contribution >= 4 is 116 Å². The van der Waals surface area contributed by atoms with Gasteiger partial charge in [0.05, 0.1) is 19.6 Å². The van der Waals surface area contributed by atoms with Gasteiger partial charge in [0, 0.05) is 0 Å². The van der Waals surface area contributed by atoms with Gasteiger partial charge in [0.1, 0.15) is 40.5 Å². The Kier molecular flexibility index (Phi) is 73.1. The standard InChI is InChI=1S/4C18H30O3S.C18H30.2Ca/c4*1-2-3-4-5-6-7-8-9-10-11-14-17-15-12-13-16-18(17)22(19,20)21;1-2-3-4-5-6-7-8-9-10-12-15-18-16-13-11-14-17-18;;/h4*12-13,15-16H,2-11,14H2,1H3,(H,19,20,21);11,13-14,16-17H,2-10,12,15H2,1H3;;/q;;;;;2*+2/p-4. The van der Waals surface area contributed by atoms with E-state index in [2.05, 4.69) is 65.0 Å². The van der Waals surface area contributed by atoms with Gasteiger partial charge in [-0.15, -0.1) is 0 Å². The van der Waals surface area contributed by atoms with Gasteiger partial charge in [-0.3, -0.25) is 0 Å². The van der Waals surface area contributed by atoms with Gasteiger partial charge >= 0.3 is 75.5 Å². The van der Waals surface area contributed by atoms with Crippen LogP contribution in [0.25, 0.3) is 0 Å². The van der Waals surface area contributed by atoms with Crippen molar-refractivity contribution in [1.29, 1.82) is 0 Å². The van der Waals surface area contributed by atoms with Crippen LogP contribution in [-0.4, -0.2) is 127 Å². The average Bonchev–Trinajstić information content (AvgIpc) is 0.862. The van der Waals surface area contributed by atoms with E-state index in [0.717, 1.165) is 51.4 Å². The van der Waals surface area contributed by atoms with Gasteiger partial charge in [-0.25, -0.2) is 33.7 Å². The summed E-state index contributed by atoms with van der Waals surface area (Å²) in [6.45, 7) is 11.2. The van der Waals surface area contributed by atoms with Crippen LogP contribution in [0.4, 0.5) is 0 Å². The summed E-state index contributed by atoms with van der Waals surface area (Å²) in [5, 5.41) is 0. The monoisotopic (exact) mass is 1630 g/mol. The van der Waals surface area contributed by atoms with Gasteiger partial charge in [0.25, 0.3) is 0 Å². The molecule has 5 aromatic carbocycles. The average molecular weight is 1630 g/mol. The summed E-state index contributed by atoms with van der Waals surface area (Å²) >= 11 is 0. The molecule has 0 aliphatic rings. The van der Waals surface area contributed by atoms with Crippen molar-refractivity contribution in [2.24, 2.45) is 0 Å². The predicted molar refractivity (Wildman–Crippen MR) is 453 cm³/mol. The summed E-state index contributed by atoms with van der Waals surface area (Å²) in [6.07, 6.45) is 68.1. The first-order valence-corrected chi connectivity index (χ1v) is 48.0. The van der Waals surface area contributed by atoms with Crippen LogP contribution in [0, 0.1) is 0 Å². The second-order valence-electron chi connectivity index (χ2n) is 29.4. The van der Waals surface area contributed by atoms with Crippen molar-refractivity contribution in [2.75, 3.05) is 0 Å². The molecule has 606 valence electrons. The topological polar surface area (TPSA) is 229 Å². The third kappa shape index (κ3) is 61.7. The molecular weight excluding hydrogens is 1480 g/mol. The Hall–Kier alpha value is -1.74. The maximum atomic E-state index is 11.2. The molecule has 5 rings (SSSR count). The molecule has 0 spiro atoms. The molecule has 0 bridgehead atoms. The Balaban J connectivity index is 0.